The van der Waals surface area contributed by atoms with Crippen molar-refractivity contribution in [2.24, 2.45) is 5.73 Å². The average Bonchev–Trinajstić information content (AvgIpc) is 2.40. The Morgan fingerprint density at radius 1 is 1.37 bits per heavy atom. The molecular weight excluding hydrogens is 244 g/mol. The number of primary amides is 1. The number of amides is 1. The zero-order valence-electron chi connectivity index (χ0n) is 11.6. The quantitative estimate of drug-likeness (QED) is 0.663. The molecule has 5 heteroatoms. The van der Waals surface area contributed by atoms with Gasteiger partial charge in [-0.15, -0.1) is 0 Å². The van der Waals surface area contributed by atoms with Gasteiger partial charge in [0.05, 0.1) is 20.1 Å². The van der Waals surface area contributed by atoms with Crippen molar-refractivity contribution < 1.29 is 14.3 Å². The van der Waals surface area contributed by atoms with Crippen LogP contribution in [0.5, 0.6) is 11.5 Å². The maximum absolute atomic E-state index is 10.6. The van der Waals surface area contributed by atoms with Gasteiger partial charge in [-0.1, -0.05) is 13.0 Å². The number of nitrogens with two attached hydrogens (primary N) is 1. The summed E-state index contributed by atoms with van der Waals surface area (Å²) in [5.41, 5.74) is 6.19. The molecule has 1 aromatic rings. The van der Waals surface area contributed by atoms with E-state index >= 15 is 0 Å². The number of hydrogen-bond acceptors (Lipinski definition) is 4. The van der Waals surface area contributed by atoms with E-state index in [0.29, 0.717) is 11.5 Å². The first-order valence-electron chi connectivity index (χ1n) is 6.46. The predicted octanol–water partition coefficient (Wildman–Crippen LogP) is 1.45. The van der Waals surface area contributed by atoms with E-state index in [1.54, 1.807) is 7.11 Å². The van der Waals surface area contributed by atoms with Crippen molar-refractivity contribution in [1.29, 1.82) is 0 Å². The molecule has 0 radical (unpaired) electrons. The molecule has 1 rings (SSSR count). The van der Waals surface area contributed by atoms with Crippen LogP contribution in [0.15, 0.2) is 18.2 Å². The highest BCUT2D eigenvalue weighted by Gasteiger charge is 2.06. The summed E-state index contributed by atoms with van der Waals surface area (Å²) < 4.78 is 10.8. The van der Waals surface area contributed by atoms with E-state index in [2.05, 4.69) is 12.2 Å². The first-order chi connectivity index (χ1) is 9.17. The fraction of sp³-hybridized carbons (Fsp3) is 0.500. The van der Waals surface area contributed by atoms with Gasteiger partial charge in [0.25, 0.3) is 0 Å². The van der Waals surface area contributed by atoms with E-state index in [1.807, 2.05) is 18.2 Å². The van der Waals surface area contributed by atoms with Gasteiger partial charge in [-0.3, -0.25) is 4.79 Å². The molecule has 1 aromatic carbocycles. The highest BCUT2D eigenvalue weighted by molar-refractivity contribution is 5.73. The zero-order valence-corrected chi connectivity index (χ0v) is 11.6. The molecule has 0 saturated carbocycles. The summed E-state index contributed by atoms with van der Waals surface area (Å²) in [7, 11) is 1.60. The van der Waals surface area contributed by atoms with E-state index in [-0.39, 0.29) is 18.9 Å². The predicted molar refractivity (Wildman–Crippen MR) is 74.3 cm³/mol. The van der Waals surface area contributed by atoms with Crippen molar-refractivity contribution in [3.05, 3.63) is 23.8 Å². The standard InChI is InChI=1S/C14H22N2O3/c1-3-7-16-10-11-4-5-12(13(9-11)18-2)19-8-6-14(15)17/h4-5,9,16H,3,6-8,10H2,1-2H3,(H2,15,17). The molecule has 0 unspecified atom stereocenters. The van der Waals surface area contributed by atoms with Crippen LogP contribution in [0.1, 0.15) is 25.3 Å². The molecule has 0 aromatic heterocycles. The van der Waals surface area contributed by atoms with Crippen molar-refractivity contribution in [3.8, 4) is 11.5 Å². The van der Waals surface area contributed by atoms with Crippen LogP contribution < -0.4 is 20.5 Å². The molecule has 0 saturated heterocycles. The Kier molecular flexibility index (Phi) is 6.74. The van der Waals surface area contributed by atoms with E-state index in [0.717, 1.165) is 25.1 Å². The highest BCUT2D eigenvalue weighted by atomic mass is 16.5. The van der Waals surface area contributed by atoms with Crippen molar-refractivity contribution in [2.75, 3.05) is 20.3 Å². The Bertz CT molecular complexity index is 408. The third-order valence-corrected chi connectivity index (χ3v) is 2.59. The van der Waals surface area contributed by atoms with Gasteiger partial charge in [0.2, 0.25) is 5.91 Å². The first kappa shape index (κ1) is 15.3. The molecule has 0 aliphatic carbocycles. The molecule has 5 nitrogen and oxygen atoms in total. The topological polar surface area (TPSA) is 73.6 Å². The number of nitrogens with one attached hydrogen (secondary N) is 1. The first-order valence-corrected chi connectivity index (χ1v) is 6.46. The van der Waals surface area contributed by atoms with Gasteiger partial charge in [0, 0.05) is 6.54 Å². The summed E-state index contributed by atoms with van der Waals surface area (Å²) in [4.78, 5) is 10.6. The Hall–Kier alpha value is -1.75. The third-order valence-electron chi connectivity index (χ3n) is 2.59. The minimum absolute atomic E-state index is 0.197. The summed E-state index contributed by atoms with van der Waals surface area (Å²) in [6.07, 6.45) is 1.30. The fourth-order valence-corrected chi connectivity index (χ4v) is 1.61. The van der Waals surface area contributed by atoms with Crippen LogP contribution in [0.25, 0.3) is 0 Å². The van der Waals surface area contributed by atoms with Crippen LogP contribution in [0.4, 0.5) is 0 Å². The number of carbonyl (C=O) groups is 1. The minimum atomic E-state index is -0.376. The summed E-state index contributed by atoms with van der Waals surface area (Å²) in [6.45, 7) is 4.17. The fourth-order valence-electron chi connectivity index (χ4n) is 1.61. The number of ether oxygens (including phenoxy) is 2. The molecule has 0 fully saturated rings. The molecule has 0 aliphatic rings. The highest BCUT2D eigenvalue weighted by Crippen LogP contribution is 2.28. The second-order valence-corrected chi connectivity index (χ2v) is 4.23. The lowest BCUT2D eigenvalue weighted by Gasteiger charge is -2.12. The molecule has 106 valence electrons. The van der Waals surface area contributed by atoms with Gasteiger partial charge in [0.1, 0.15) is 0 Å². The monoisotopic (exact) mass is 266 g/mol. The summed E-state index contributed by atoms with van der Waals surface area (Å²) in [5.74, 6) is 0.919. The lowest BCUT2D eigenvalue weighted by atomic mass is 10.2. The smallest absolute Gasteiger partial charge is 0.220 e. The van der Waals surface area contributed by atoms with Gasteiger partial charge < -0.3 is 20.5 Å². The van der Waals surface area contributed by atoms with Crippen LogP contribution in [-0.4, -0.2) is 26.2 Å². The molecule has 0 atom stereocenters. The summed E-state index contributed by atoms with van der Waals surface area (Å²) in [6, 6.07) is 5.76. The van der Waals surface area contributed by atoms with Crippen molar-refractivity contribution >= 4 is 5.91 Å². The minimum Gasteiger partial charge on any atom is -0.493 e. The average molecular weight is 266 g/mol. The zero-order chi connectivity index (χ0) is 14.1. The van der Waals surface area contributed by atoms with Gasteiger partial charge >= 0.3 is 0 Å². The van der Waals surface area contributed by atoms with E-state index in [4.69, 9.17) is 15.2 Å². The van der Waals surface area contributed by atoms with Crippen molar-refractivity contribution in [1.82, 2.24) is 5.32 Å². The summed E-state index contributed by atoms with van der Waals surface area (Å²) >= 11 is 0. The molecule has 19 heavy (non-hydrogen) atoms. The molecular formula is C14H22N2O3. The Morgan fingerprint density at radius 2 is 2.16 bits per heavy atom. The number of carbonyl (C=O) groups excluding carboxylic acids is 1. The van der Waals surface area contributed by atoms with Crippen LogP contribution in [0.2, 0.25) is 0 Å². The molecule has 3 N–H and O–H groups in total. The second kappa shape index (κ2) is 8.37. The molecule has 0 spiro atoms. The summed E-state index contributed by atoms with van der Waals surface area (Å²) in [5, 5.41) is 3.32. The van der Waals surface area contributed by atoms with E-state index in [1.165, 1.54) is 0 Å². The van der Waals surface area contributed by atoms with Crippen LogP contribution in [0.3, 0.4) is 0 Å². The van der Waals surface area contributed by atoms with E-state index in [9.17, 15) is 4.79 Å². The molecule has 0 aliphatic heterocycles. The lowest BCUT2D eigenvalue weighted by molar-refractivity contribution is -0.118. The van der Waals surface area contributed by atoms with Crippen molar-refractivity contribution in [2.45, 2.75) is 26.3 Å². The van der Waals surface area contributed by atoms with Crippen LogP contribution in [0, 0.1) is 0 Å². The molecule has 0 bridgehead atoms. The molecule has 0 heterocycles. The SMILES string of the molecule is CCCNCc1ccc(OCCC(N)=O)c(OC)c1. The maximum Gasteiger partial charge on any atom is 0.220 e. The van der Waals surface area contributed by atoms with E-state index < -0.39 is 0 Å². The van der Waals surface area contributed by atoms with Crippen LogP contribution in [-0.2, 0) is 11.3 Å². The number of methoxy groups -OCH3 is 1. The van der Waals surface area contributed by atoms with Crippen molar-refractivity contribution in [3.63, 3.8) is 0 Å². The Morgan fingerprint density at radius 3 is 2.79 bits per heavy atom. The van der Waals surface area contributed by atoms with Gasteiger partial charge in [-0.2, -0.15) is 0 Å². The third kappa shape index (κ3) is 5.61. The maximum atomic E-state index is 10.6. The molecule has 1 amide bonds. The second-order valence-electron chi connectivity index (χ2n) is 4.23. The Balaban J connectivity index is 2.59. The lowest BCUT2D eigenvalue weighted by Crippen LogP contribution is -2.15. The Labute approximate surface area is 114 Å². The number of hydrogen-bond donors (Lipinski definition) is 2. The van der Waals surface area contributed by atoms with Gasteiger partial charge in [0.15, 0.2) is 11.5 Å². The van der Waals surface area contributed by atoms with Crippen LogP contribution >= 0.6 is 0 Å². The van der Waals surface area contributed by atoms with Gasteiger partial charge in [-0.05, 0) is 30.7 Å². The van der Waals surface area contributed by atoms with Gasteiger partial charge in [-0.25, -0.2) is 0 Å². The normalized spacial score (nSPS) is 10.2. The number of benzene rings is 1. The largest absolute Gasteiger partial charge is 0.493 e. The number of rotatable bonds is 9.